The second kappa shape index (κ2) is 7.70. The van der Waals surface area contributed by atoms with Gasteiger partial charge in [-0.05, 0) is 38.2 Å². The largest absolute Gasteiger partial charge is 0.416 e. The highest BCUT2D eigenvalue weighted by Crippen LogP contribution is 2.38. The minimum Gasteiger partial charge on any atom is -0.352 e. The van der Waals surface area contributed by atoms with Crippen LogP contribution in [0.1, 0.15) is 17.5 Å². The van der Waals surface area contributed by atoms with Crippen LogP contribution in [0.25, 0.3) is 16.9 Å². The molecule has 1 aliphatic heterocycles. The number of hydrogen-bond acceptors (Lipinski definition) is 4. The van der Waals surface area contributed by atoms with Gasteiger partial charge in [-0.2, -0.15) is 26.3 Å². The van der Waals surface area contributed by atoms with Crippen molar-refractivity contribution in [3.63, 3.8) is 0 Å². The molecule has 4 rings (SSSR count). The van der Waals surface area contributed by atoms with Crippen LogP contribution in [0.3, 0.4) is 0 Å². The highest BCUT2D eigenvalue weighted by molar-refractivity contribution is 5.71. The van der Waals surface area contributed by atoms with E-state index in [9.17, 15) is 26.3 Å². The zero-order valence-corrected chi connectivity index (χ0v) is 16.5. The number of likely N-dealkylation sites (N-methyl/N-ethyl adjacent to an activating group) is 1. The Bertz CT molecular complexity index is 1060. The van der Waals surface area contributed by atoms with Gasteiger partial charge in [-0.25, -0.2) is 9.97 Å². The highest BCUT2D eigenvalue weighted by Gasteiger charge is 2.37. The molecule has 0 radical (unpaired) electrons. The molecule has 0 spiro atoms. The van der Waals surface area contributed by atoms with Gasteiger partial charge >= 0.3 is 12.4 Å². The van der Waals surface area contributed by atoms with Crippen LogP contribution >= 0.6 is 0 Å². The van der Waals surface area contributed by atoms with Gasteiger partial charge in [0.2, 0.25) is 0 Å². The summed E-state index contributed by atoms with van der Waals surface area (Å²) in [6, 6.07) is 1.51. The van der Waals surface area contributed by atoms with Gasteiger partial charge in [0.25, 0.3) is 0 Å². The fourth-order valence-electron chi connectivity index (χ4n) is 3.63. The number of rotatable bonds is 2. The molecular formula is C20H19F6N5. The summed E-state index contributed by atoms with van der Waals surface area (Å²) in [6.45, 7) is 2.90. The summed E-state index contributed by atoms with van der Waals surface area (Å²) in [5, 5.41) is 0. The summed E-state index contributed by atoms with van der Waals surface area (Å²) < 4.78 is 81.3. The zero-order valence-electron chi connectivity index (χ0n) is 16.5. The quantitative estimate of drug-likeness (QED) is 0.544. The Hall–Kier alpha value is -2.82. The third-order valence-electron chi connectivity index (χ3n) is 5.26. The molecule has 0 atom stereocenters. The number of imidazole rings is 1. The molecule has 1 aromatic carbocycles. The Balaban J connectivity index is 1.87. The molecule has 0 unspecified atom stereocenters. The summed E-state index contributed by atoms with van der Waals surface area (Å²) in [4.78, 5) is 12.9. The van der Waals surface area contributed by atoms with Gasteiger partial charge in [0.05, 0.1) is 16.8 Å². The van der Waals surface area contributed by atoms with E-state index in [1.165, 1.54) is 12.4 Å². The molecule has 1 saturated heterocycles. The van der Waals surface area contributed by atoms with E-state index in [0.717, 1.165) is 19.5 Å². The maximum Gasteiger partial charge on any atom is 0.416 e. The first kappa shape index (κ1) is 21.4. The molecule has 1 aliphatic rings. The molecule has 0 amide bonds. The number of anilines is 1. The lowest BCUT2D eigenvalue weighted by Gasteiger charge is -2.23. The Morgan fingerprint density at radius 2 is 1.55 bits per heavy atom. The molecule has 0 N–H and O–H groups in total. The molecule has 3 aromatic rings. The van der Waals surface area contributed by atoms with Crippen LogP contribution in [0.2, 0.25) is 0 Å². The normalized spacial score (nSPS) is 16.7. The second-order valence-corrected chi connectivity index (χ2v) is 7.55. The number of halogens is 6. The molecule has 166 valence electrons. The summed E-state index contributed by atoms with van der Waals surface area (Å²) in [5.41, 5.74) is -2.50. The van der Waals surface area contributed by atoms with Crippen molar-refractivity contribution in [3.05, 3.63) is 47.9 Å². The van der Waals surface area contributed by atoms with Crippen LogP contribution in [-0.4, -0.2) is 52.5 Å². The van der Waals surface area contributed by atoms with Crippen LogP contribution in [0, 0.1) is 0 Å². The molecule has 3 heterocycles. The Morgan fingerprint density at radius 3 is 2.19 bits per heavy atom. The minimum atomic E-state index is -4.92. The van der Waals surface area contributed by atoms with E-state index < -0.39 is 23.5 Å². The van der Waals surface area contributed by atoms with Crippen molar-refractivity contribution < 1.29 is 26.3 Å². The van der Waals surface area contributed by atoms with Gasteiger partial charge in [-0.1, -0.05) is 0 Å². The highest BCUT2D eigenvalue weighted by atomic mass is 19.4. The first-order valence-corrected chi connectivity index (χ1v) is 9.59. The average Bonchev–Trinajstić information content (AvgIpc) is 3.06. The van der Waals surface area contributed by atoms with Crippen molar-refractivity contribution in [1.82, 2.24) is 19.3 Å². The van der Waals surface area contributed by atoms with Crippen LogP contribution in [0.4, 0.5) is 32.2 Å². The maximum atomic E-state index is 13.3. The monoisotopic (exact) mass is 443 g/mol. The molecule has 31 heavy (non-hydrogen) atoms. The third-order valence-corrected chi connectivity index (χ3v) is 5.26. The lowest BCUT2D eigenvalue weighted by molar-refractivity contribution is -0.143. The molecule has 11 heteroatoms. The second-order valence-electron chi connectivity index (χ2n) is 7.55. The van der Waals surface area contributed by atoms with Crippen molar-refractivity contribution in [2.45, 2.75) is 18.8 Å². The fraction of sp³-hybridized carbons (Fsp3) is 0.400. The molecule has 0 saturated carbocycles. The van der Waals surface area contributed by atoms with E-state index in [-0.39, 0.29) is 17.3 Å². The smallest absolute Gasteiger partial charge is 0.352 e. The van der Waals surface area contributed by atoms with Gasteiger partial charge in [-0.3, -0.25) is 0 Å². The summed E-state index contributed by atoms with van der Waals surface area (Å²) >= 11 is 0. The number of fused-ring (bicyclic) bond motifs is 1. The lowest BCUT2D eigenvalue weighted by atomic mass is 10.0. The van der Waals surface area contributed by atoms with Gasteiger partial charge in [-0.15, -0.1) is 0 Å². The average molecular weight is 443 g/mol. The molecule has 2 aromatic heterocycles. The van der Waals surface area contributed by atoms with E-state index in [2.05, 4.69) is 14.9 Å². The molecular weight excluding hydrogens is 424 g/mol. The van der Waals surface area contributed by atoms with Gasteiger partial charge in [0.1, 0.15) is 0 Å². The summed E-state index contributed by atoms with van der Waals surface area (Å²) in [7, 11) is 1.99. The van der Waals surface area contributed by atoms with E-state index in [1.54, 1.807) is 10.6 Å². The number of nitrogens with zero attached hydrogens (tertiary/aromatic N) is 5. The standard InChI is InChI=1S/C20H19F6N5/c1-29-4-2-5-30(8-7-29)18-17-27-3-6-31(17)12-16(28-18)13-9-14(19(21,22)23)11-15(10-13)20(24,25)26/h3,6,9-12H,2,4-5,7-8H2,1H3. The lowest BCUT2D eigenvalue weighted by Crippen LogP contribution is -2.30. The first-order valence-electron chi connectivity index (χ1n) is 9.59. The van der Waals surface area contributed by atoms with Crippen molar-refractivity contribution in [2.24, 2.45) is 0 Å². The topological polar surface area (TPSA) is 36.7 Å². The van der Waals surface area contributed by atoms with E-state index in [0.29, 0.717) is 36.7 Å². The predicted molar refractivity (Wildman–Crippen MR) is 103 cm³/mol. The van der Waals surface area contributed by atoms with Gasteiger partial charge in [0, 0.05) is 43.8 Å². The SMILES string of the molecule is CN1CCCN(c2nc(-c3cc(C(F)(F)F)cc(C(F)(F)F)c3)cn3ccnc23)CC1. The van der Waals surface area contributed by atoms with Gasteiger partial charge < -0.3 is 14.2 Å². The number of aromatic nitrogens is 3. The molecule has 5 nitrogen and oxygen atoms in total. The van der Waals surface area contributed by atoms with Crippen molar-refractivity contribution in [1.29, 1.82) is 0 Å². The third kappa shape index (κ3) is 4.46. The zero-order chi connectivity index (χ0) is 22.4. The summed E-state index contributed by atoms with van der Waals surface area (Å²) in [6.07, 6.45) is -4.50. The fourth-order valence-corrected chi connectivity index (χ4v) is 3.63. The number of hydrogen-bond donors (Lipinski definition) is 0. The molecule has 1 fully saturated rings. The van der Waals surface area contributed by atoms with E-state index in [1.807, 2.05) is 11.9 Å². The Kier molecular flexibility index (Phi) is 5.32. The van der Waals surface area contributed by atoms with Crippen LogP contribution in [0.15, 0.2) is 36.8 Å². The molecule has 0 bridgehead atoms. The first-order chi connectivity index (χ1) is 14.5. The summed E-state index contributed by atoms with van der Waals surface area (Å²) in [5.74, 6) is 0.434. The Labute approximate surface area is 173 Å². The van der Waals surface area contributed by atoms with Crippen LogP contribution in [-0.2, 0) is 12.4 Å². The van der Waals surface area contributed by atoms with E-state index in [4.69, 9.17) is 0 Å². The Morgan fingerprint density at radius 1 is 0.871 bits per heavy atom. The van der Waals surface area contributed by atoms with Crippen LogP contribution in [0.5, 0.6) is 0 Å². The predicted octanol–water partition coefficient (Wildman–Crippen LogP) is 4.58. The van der Waals surface area contributed by atoms with Crippen molar-refractivity contribution >= 4 is 11.5 Å². The molecule has 0 aliphatic carbocycles. The number of benzene rings is 1. The van der Waals surface area contributed by atoms with Gasteiger partial charge in [0.15, 0.2) is 11.5 Å². The van der Waals surface area contributed by atoms with Crippen molar-refractivity contribution in [2.75, 3.05) is 38.1 Å². The van der Waals surface area contributed by atoms with Crippen molar-refractivity contribution in [3.8, 4) is 11.3 Å². The number of alkyl halides is 6. The minimum absolute atomic E-state index is 0.00898. The van der Waals surface area contributed by atoms with E-state index >= 15 is 0 Å². The van der Waals surface area contributed by atoms with Crippen LogP contribution < -0.4 is 4.90 Å². The maximum absolute atomic E-state index is 13.3.